The Morgan fingerprint density at radius 2 is 2.06 bits per heavy atom. The van der Waals surface area contributed by atoms with Gasteiger partial charge in [-0.3, -0.25) is 4.79 Å². The third-order valence-corrected chi connectivity index (χ3v) is 3.77. The molecule has 17 heavy (non-hydrogen) atoms. The molecule has 0 atom stereocenters. The Balaban J connectivity index is 2.34. The van der Waals surface area contributed by atoms with E-state index in [-0.39, 0.29) is 5.78 Å². The van der Waals surface area contributed by atoms with Crippen molar-refractivity contribution in [2.45, 2.75) is 45.4 Å². The summed E-state index contributed by atoms with van der Waals surface area (Å²) in [6.07, 6.45) is 6.54. The van der Waals surface area contributed by atoms with Crippen LogP contribution in [-0.4, -0.2) is 5.78 Å². The van der Waals surface area contributed by atoms with Crippen molar-refractivity contribution in [3.8, 4) is 0 Å². The van der Waals surface area contributed by atoms with Gasteiger partial charge in [-0.15, -0.1) is 0 Å². The number of carbonyl (C=O) groups excluding carboxylic acids is 1. The Labute approximate surface area is 104 Å². The van der Waals surface area contributed by atoms with Crippen molar-refractivity contribution in [2.24, 2.45) is 0 Å². The molecule has 0 spiro atoms. The lowest BCUT2D eigenvalue weighted by atomic mass is 9.77. The van der Waals surface area contributed by atoms with E-state index in [1.807, 2.05) is 38.1 Å². The number of hydrogen-bond donors (Lipinski definition) is 0. The first-order valence-electron chi connectivity index (χ1n) is 6.56. The Bertz CT molecular complexity index is 439. The summed E-state index contributed by atoms with van der Waals surface area (Å²) in [5.74, 6) is 0.836. The van der Waals surface area contributed by atoms with Gasteiger partial charge in [-0.05, 0) is 43.2 Å². The van der Waals surface area contributed by atoms with Crippen molar-refractivity contribution >= 4 is 5.78 Å². The van der Waals surface area contributed by atoms with Crippen LogP contribution in [0, 0.1) is 0 Å². The van der Waals surface area contributed by atoms with E-state index in [4.69, 9.17) is 0 Å². The van der Waals surface area contributed by atoms with E-state index in [1.165, 1.54) is 24.8 Å². The molecule has 2 rings (SSSR count). The van der Waals surface area contributed by atoms with Crippen LogP contribution in [0.25, 0.3) is 0 Å². The predicted octanol–water partition coefficient (Wildman–Crippen LogP) is 4.49. The topological polar surface area (TPSA) is 17.1 Å². The van der Waals surface area contributed by atoms with Gasteiger partial charge in [0.25, 0.3) is 0 Å². The van der Waals surface area contributed by atoms with E-state index in [9.17, 15) is 4.79 Å². The van der Waals surface area contributed by atoms with Crippen LogP contribution < -0.4 is 0 Å². The molecule has 1 aromatic carbocycles. The number of ketones is 1. The predicted molar refractivity (Wildman–Crippen MR) is 71.4 cm³/mol. The zero-order valence-electron chi connectivity index (χ0n) is 10.7. The molecule has 0 N–H and O–H groups in total. The third kappa shape index (κ3) is 2.33. The molecule has 1 aliphatic carbocycles. The zero-order chi connectivity index (χ0) is 12.3. The summed E-state index contributed by atoms with van der Waals surface area (Å²) in [7, 11) is 0. The van der Waals surface area contributed by atoms with Gasteiger partial charge in [-0.1, -0.05) is 43.7 Å². The van der Waals surface area contributed by atoms with E-state index in [0.717, 1.165) is 17.6 Å². The van der Waals surface area contributed by atoms with Gasteiger partial charge in [-0.2, -0.15) is 0 Å². The molecule has 0 aromatic heterocycles. The standard InChI is InChI=1S/C16H20O/c1-3-12(4-2)16(17)15-11-6-5-10-14(15)13-8-7-9-13/h3,5-6,10-11,13H,4,7-9H2,1-2H3/b12-3-. The highest BCUT2D eigenvalue weighted by Gasteiger charge is 2.24. The second-order valence-electron chi connectivity index (χ2n) is 4.71. The van der Waals surface area contributed by atoms with Crippen molar-refractivity contribution < 1.29 is 4.79 Å². The Morgan fingerprint density at radius 1 is 1.35 bits per heavy atom. The summed E-state index contributed by atoms with van der Waals surface area (Å²) in [6.45, 7) is 3.99. The Kier molecular flexibility index (Phi) is 3.78. The molecule has 0 saturated heterocycles. The second kappa shape index (κ2) is 5.31. The molecule has 1 heteroatoms. The zero-order valence-corrected chi connectivity index (χ0v) is 10.7. The molecule has 0 unspecified atom stereocenters. The van der Waals surface area contributed by atoms with Gasteiger partial charge in [0.15, 0.2) is 5.78 Å². The monoisotopic (exact) mass is 228 g/mol. The van der Waals surface area contributed by atoms with Gasteiger partial charge < -0.3 is 0 Å². The lowest BCUT2D eigenvalue weighted by Gasteiger charge is -2.27. The molecule has 1 fully saturated rings. The van der Waals surface area contributed by atoms with Gasteiger partial charge >= 0.3 is 0 Å². The fourth-order valence-electron chi connectivity index (χ4n) is 2.45. The molecular weight excluding hydrogens is 208 g/mol. The third-order valence-electron chi connectivity index (χ3n) is 3.77. The molecule has 0 aliphatic heterocycles. The van der Waals surface area contributed by atoms with Crippen LogP contribution in [0.1, 0.15) is 61.4 Å². The molecular formula is C16H20O. The summed E-state index contributed by atoms with van der Waals surface area (Å²) in [5, 5.41) is 0. The average Bonchev–Trinajstić information content (AvgIpc) is 2.29. The van der Waals surface area contributed by atoms with E-state index in [2.05, 4.69) is 6.07 Å². The SMILES string of the molecule is C/C=C(/CC)C(=O)c1ccccc1C1CCC1. The van der Waals surface area contributed by atoms with Crippen LogP contribution in [0.5, 0.6) is 0 Å². The highest BCUT2D eigenvalue weighted by Crippen LogP contribution is 2.38. The van der Waals surface area contributed by atoms with Crippen LogP contribution in [0.3, 0.4) is 0 Å². The lowest BCUT2D eigenvalue weighted by molar-refractivity contribution is 0.102. The number of allylic oxidation sites excluding steroid dienone is 2. The first kappa shape index (κ1) is 12.1. The summed E-state index contributed by atoms with van der Waals surface area (Å²) < 4.78 is 0. The van der Waals surface area contributed by atoms with Crippen LogP contribution in [-0.2, 0) is 0 Å². The molecule has 1 nitrogen and oxygen atoms in total. The average molecular weight is 228 g/mol. The molecule has 90 valence electrons. The van der Waals surface area contributed by atoms with Crippen molar-refractivity contribution in [3.05, 3.63) is 47.0 Å². The number of carbonyl (C=O) groups is 1. The summed E-state index contributed by atoms with van der Waals surface area (Å²) in [6, 6.07) is 8.12. The maximum Gasteiger partial charge on any atom is 0.188 e. The van der Waals surface area contributed by atoms with Crippen LogP contribution >= 0.6 is 0 Å². The van der Waals surface area contributed by atoms with Crippen LogP contribution in [0.4, 0.5) is 0 Å². The largest absolute Gasteiger partial charge is 0.289 e. The first-order valence-corrected chi connectivity index (χ1v) is 6.56. The van der Waals surface area contributed by atoms with E-state index < -0.39 is 0 Å². The normalized spacial score (nSPS) is 16.7. The summed E-state index contributed by atoms with van der Waals surface area (Å²) in [4.78, 5) is 12.4. The fraction of sp³-hybridized carbons (Fsp3) is 0.438. The fourth-order valence-corrected chi connectivity index (χ4v) is 2.45. The van der Waals surface area contributed by atoms with E-state index in [0.29, 0.717) is 5.92 Å². The molecule has 0 radical (unpaired) electrons. The van der Waals surface area contributed by atoms with Crippen molar-refractivity contribution in [2.75, 3.05) is 0 Å². The van der Waals surface area contributed by atoms with Crippen molar-refractivity contribution in [3.63, 3.8) is 0 Å². The minimum atomic E-state index is 0.220. The smallest absolute Gasteiger partial charge is 0.188 e. The van der Waals surface area contributed by atoms with Gasteiger partial charge in [0.05, 0.1) is 0 Å². The molecule has 0 heterocycles. The van der Waals surface area contributed by atoms with Gasteiger partial charge in [0.2, 0.25) is 0 Å². The molecule has 1 aliphatic rings. The van der Waals surface area contributed by atoms with Crippen molar-refractivity contribution in [1.82, 2.24) is 0 Å². The highest BCUT2D eigenvalue weighted by atomic mass is 16.1. The van der Waals surface area contributed by atoms with Crippen molar-refractivity contribution in [1.29, 1.82) is 0 Å². The van der Waals surface area contributed by atoms with Gasteiger partial charge in [0.1, 0.15) is 0 Å². The molecule has 0 amide bonds. The Morgan fingerprint density at radius 3 is 2.59 bits per heavy atom. The molecule has 1 saturated carbocycles. The molecule has 1 aromatic rings. The minimum absolute atomic E-state index is 0.220. The molecule has 0 bridgehead atoms. The second-order valence-corrected chi connectivity index (χ2v) is 4.71. The summed E-state index contributed by atoms with van der Waals surface area (Å²) in [5.41, 5.74) is 3.11. The maximum absolute atomic E-state index is 12.4. The van der Waals surface area contributed by atoms with Crippen LogP contribution in [0.15, 0.2) is 35.9 Å². The van der Waals surface area contributed by atoms with E-state index in [1.54, 1.807) is 0 Å². The van der Waals surface area contributed by atoms with E-state index >= 15 is 0 Å². The number of benzene rings is 1. The maximum atomic E-state index is 12.4. The van der Waals surface area contributed by atoms with Gasteiger partial charge in [-0.25, -0.2) is 0 Å². The number of Topliss-reactive ketones (excluding diaryl/α,β-unsaturated/α-hetero) is 1. The van der Waals surface area contributed by atoms with Crippen LogP contribution in [0.2, 0.25) is 0 Å². The summed E-state index contributed by atoms with van der Waals surface area (Å²) >= 11 is 0. The van der Waals surface area contributed by atoms with Gasteiger partial charge in [0, 0.05) is 5.56 Å². The lowest BCUT2D eigenvalue weighted by Crippen LogP contribution is -2.14. The number of hydrogen-bond acceptors (Lipinski definition) is 1. The first-order chi connectivity index (χ1) is 8.27. The minimum Gasteiger partial charge on any atom is -0.289 e. The highest BCUT2D eigenvalue weighted by molar-refractivity contribution is 6.09. The number of rotatable bonds is 4. The quantitative estimate of drug-likeness (QED) is 0.548. The Hall–Kier alpha value is -1.37.